The third-order valence-corrected chi connectivity index (χ3v) is 5.48. The van der Waals surface area contributed by atoms with Crippen LogP contribution in [0.5, 0.6) is 11.8 Å². The molecule has 0 aromatic carbocycles. The van der Waals surface area contributed by atoms with Gasteiger partial charge in [0.25, 0.3) is 0 Å². The molecule has 0 fully saturated rings. The Morgan fingerprint density at radius 2 is 1.97 bits per heavy atom. The number of ether oxygens (including phenoxy) is 2. The number of pyridine rings is 1. The molecule has 3 aromatic rings. The zero-order chi connectivity index (χ0) is 25.0. The number of aliphatic hydroxyl groups excluding tert-OH is 1. The van der Waals surface area contributed by atoms with E-state index in [4.69, 9.17) is 19.4 Å². The molecule has 0 atom stereocenters. The second-order valence-corrected chi connectivity index (χ2v) is 8.91. The lowest BCUT2D eigenvalue weighted by Gasteiger charge is -2.24. The lowest BCUT2D eigenvalue weighted by Crippen LogP contribution is -2.32. The maximum Gasteiger partial charge on any atom is 0.316 e. The number of aryl methyl sites for hydroxylation is 1. The molecule has 0 spiro atoms. The van der Waals surface area contributed by atoms with Crippen LogP contribution >= 0.6 is 0 Å². The van der Waals surface area contributed by atoms with Gasteiger partial charge >= 0.3 is 6.01 Å². The van der Waals surface area contributed by atoms with Crippen molar-refractivity contribution in [2.75, 3.05) is 37.5 Å². The summed E-state index contributed by atoms with van der Waals surface area (Å²) < 4.78 is 10.8. The summed E-state index contributed by atoms with van der Waals surface area (Å²) in [5.41, 5.74) is 2.31. The van der Waals surface area contributed by atoms with Crippen molar-refractivity contribution in [3.63, 3.8) is 0 Å². The van der Waals surface area contributed by atoms with Crippen LogP contribution in [0.25, 0.3) is 11.5 Å². The minimum Gasteiger partial charge on any atom is -0.485 e. The molecule has 0 unspecified atom stereocenters. The fourth-order valence-electron chi connectivity index (χ4n) is 3.77. The molecule has 0 bridgehead atoms. The lowest BCUT2D eigenvalue weighted by molar-refractivity contribution is -0.114. The Balaban J connectivity index is 1.56. The van der Waals surface area contributed by atoms with Gasteiger partial charge in [-0.1, -0.05) is 0 Å². The molecule has 35 heavy (non-hydrogen) atoms. The van der Waals surface area contributed by atoms with Gasteiger partial charge in [-0.25, -0.2) is 19.9 Å². The average molecular weight is 480 g/mol. The quantitative estimate of drug-likeness (QED) is 0.469. The highest BCUT2D eigenvalue weighted by molar-refractivity contribution is 5.93. The molecule has 1 aliphatic carbocycles. The minimum atomic E-state index is -0.731. The van der Waals surface area contributed by atoms with Gasteiger partial charge in [-0.15, -0.1) is 0 Å². The van der Waals surface area contributed by atoms with Gasteiger partial charge in [0.05, 0.1) is 38.3 Å². The summed E-state index contributed by atoms with van der Waals surface area (Å²) in [6.45, 7) is 3.56. The molecular formula is C24H29N7O4. The fraction of sp³-hybridized carbons (Fsp3) is 0.417. The van der Waals surface area contributed by atoms with Crippen molar-refractivity contribution in [3.8, 4) is 23.3 Å². The van der Waals surface area contributed by atoms with E-state index in [2.05, 4.69) is 20.3 Å². The molecular weight excluding hydrogens is 450 g/mol. The standard InChI is InChI=1S/C24H29N7O4/c1-24(2,14-32)35-16-8-9-25-19(10-16)21-29-18-7-5-6-17(18)22(30-21)31(3)13-20(33)28-15-11-26-23(34-4)27-12-15/h8-12,32H,5-7,13-14H2,1-4H3,(H,28,33). The Morgan fingerprint density at radius 3 is 2.69 bits per heavy atom. The van der Waals surface area contributed by atoms with Crippen LogP contribution in [0.3, 0.4) is 0 Å². The monoisotopic (exact) mass is 479 g/mol. The van der Waals surface area contributed by atoms with Crippen LogP contribution in [0.4, 0.5) is 11.5 Å². The number of likely N-dealkylation sites (N-methyl/N-ethyl adjacent to an activating group) is 1. The van der Waals surface area contributed by atoms with E-state index in [0.717, 1.165) is 30.5 Å². The summed E-state index contributed by atoms with van der Waals surface area (Å²) in [7, 11) is 3.30. The van der Waals surface area contributed by atoms with Crippen molar-refractivity contribution in [2.45, 2.75) is 38.7 Å². The number of aromatic nitrogens is 5. The Bertz CT molecular complexity index is 1200. The van der Waals surface area contributed by atoms with Crippen molar-refractivity contribution in [2.24, 2.45) is 0 Å². The first-order valence-corrected chi connectivity index (χ1v) is 11.3. The van der Waals surface area contributed by atoms with E-state index in [0.29, 0.717) is 28.8 Å². The second kappa shape index (κ2) is 10.2. The number of hydrogen-bond acceptors (Lipinski definition) is 10. The first-order chi connectivity index (χ1) is 16.8. The first-order valence-electron chi connectivity index (χ1n) is 11.3. The van der Waals surface area contributed by atoms with Gasteiger partial charge in [0.15, 0.2) is 5.82 Å². The number of nitrogens with zero attached hydrogens (tertiary/aromatic N) is 6. The summed E-state index contributed by atoms with van der Waals surface area (Å²) in [5.74, 6) is 1.50. The molecule has 0 saturated heterocycles. The summed E-state index contributed by atoms with van der Waals surface area (Å²) in [5, 5.41) is 12.3. The first kappa shape index (κ1) is 24.3. The van der Waals surface area contributed by atoms with Crippen LogP contribution < -0.4 is 19.7 Å². The summed E-state index contributed by atoms with van der Waals surface area (Å²) >= 11 is 0. The van der Waals surface area contributed by atoms with Crippen LogP contribution in [-0.4, -0.2) is 68.8 Å². The van der Waals surface area contributed by atoms with Gasteiger partial charge in [-0.3, -0.25) is 9.78 Å². The Kier molecular flexibility index (Phi) is 7.06. The molecule has 0 aliphatic heterocycles. The molecule has 4 rings (SSSR count). The molecule has 3 heterocycles. The Morgan fingerprint density at radius 1 is 1.20 bits per heavy atom. The summed E-state index contributed by atoms with van der Waals surface area (Å²) in [6, 6.07) is 3.72. The highest BCUT2D eigenvalue weighted by Crippen LogP contribution is 2.31. The maximum absolute atomic E-state index is 12.7. The molecule has 11 nitrogen and oxygen atoms in total. The van der Waals surface area contributed by atoms with E-state index in [1.54, 1.807) is 32.2 Å². The largest absolute Gasteiger partial charge is 0.485 e. The predicted molar refractivity (Wildman–Crippen MR) is 130 cm³/mol. The van der Waals surface area contributed by atoms with Gasteiger partial charge < -0.3 is 24.8 Å². The lowest BCUT2D eigenvalue weighted by atomic mass is 10.1. The predicted octanol–water partition coefficient (Wildman–Crippen LogP) is 2.05. The van der Waals surface area contributed by atoms with Crippen LogP contribution in [0.1, 0.15) is 31.5 Å². The van der Waals surface area contributed by atoms with Crippen molar-refractivity contribution < 1.29 is 19.4 Å². The third kappa shape index (κ3) is 5.80. The molecule has 2 N–H and O–H groups in total. The number of nitrogens with one attached hydrogen (secondary N) is 1. The third-order valence-electron chi connectivity index (χ3n) is 5.48. The van der Waals surface area contributed by atoms with E-state index in [1.165, 1.54) is 19.5 Å². The number of aliphatic hydroxyl groups is 1. The number of fused-ring (bicyclic) bond motifs is 1. The van der Waals surface area contributed by atoms with Gasteiger partial charge in [-0.2, -0.15) is 0 Å². The van der Waals surface area contributed by atoms with Crippen molar-refractivity contribution in [1.29, 1.82) is 0 Å². The van der Waals surface area contributed by atoms with Crippen molar-refractivity contribution in [1.82, 2.24) is 24.9 Å². The zero-order valence-electron chi connectivity index (χ0n) is 20.3. The van der Waals surface area contributed by atoms with Crippen LogP contribution in [0.2, 0.25) is 0 Å². The minimum absolute atomic E-state index is 0.0796. The number of carbonyl (C=O) groups is 1. The van der Waals surface area contributed by atoms with Gasteiger partial charge in [-0.05, 0) is 39.2 Å². The maximum atomic E-state index is 12.7. The molecule has 1 aliphatic rings. The molecule has 3 aromatic heterocycles. The van der Waals surface area contributed by atoms with Gasteiger partial charge in [0.1, 0.15) is 22.9 Å². The molecule has 184 valence electrons. The van der Waals surface area contributed by atoms with Crippen molar-refractivity contribution in [3.05, 3.63) is 42.0 Å². The average Bonchev–Trinajstić information content (AvgIpc) is 3.32. The fourth-order valence-corrected chi connectivity index (χ4v) is 3.77. The van der Waals surface area contributed by atoms with Crippen molar-refractivity contribution >= 4 is 17.4 Å². The van der Waals surface area contributed by atoms with E-state index >= 15 is 0 Å². The highest BCUT2D eigenvalue weighted by atomic mass is 16.5. The van der Waals surface area contributed by atoms with Gasteiger partial charge in [0.2, 0.25) is 5.91 Å². The number of methoxy groups -OCH3 is 1. The van der Waals surface area contributed by atoms with E-state index < -0.39 is 5.60 Å². The normalized spacial score (nSPS) is 12.7. The van der Waals surface area contributed by atoms with E-state index in [1.807, 2.05) is 11.9 Å². The van der Waals surface area contributed by atoms with Gasteiger partial charge in [0, 0.05) is 30.6 Å². The molecule has 1 amide bonds. The highest BCUT2D eigenvalue weighted by Gasteiger charge is 2.24. The Labute approximate surface area is 203 Å². The smallest absolute Gasteiger partial charge is 0.316 e. The summed E-state index contributed by atoms with van der Waals surface area (Å²) in [6.07, 6.45) is 7.28. The van der Waals surface area contributed by atoms with E-state index in [9.17, 15) is 9.90 Å². The second-order valence-electron chi connectivity index (χ2n) is 8.91. The van der Waals surface area contributed by atoms with Crippen LogP contribution in [0.15, 0.2) is 30.7 Å². The molecule has 11 heteroatoms. The zero-order valence-corrected chi connectivity index (χ0v) is 20.3. The number of carbonyl (C=O) groups excluding carboxylic acids is 1. The topological polar surface area (TPSA) is 135 Å². The summed E-state index contributed by atoms with van der Waals surface area (Å²) in [4.78, 5) is 36.5. The van der Waals surface area contributed by atoms with Crippen LogP contribution in [-0.2, 0) is 17.6 Å². The van der Waals surface area contributed by atoms with E-state index in [-0.39, 0.29) is 25.1 Å². The number of amides is 1. The number of rotatable bonds is 9. The SMILES string of the molecule is COc1ncc(NC(=O)CN(C)c2nc(-c3cc(OC(C)(C)CO)ccn3)nc3c2CCC3)cn1. The molecule has 0 saturated carbocycles. The Hall–Kier alpha value is -3.86. The number of hydrogen-bond donors (Lipinski definition) is 2. The molecule has 0 radical (unpaired) electrons. The number of anilines is 2. The van der Waals surface area contributed by atoms with Crippen LogP contribution in [0, 0.1) is 0 Å².